The van der Waals surface area contributed by atoms with Gasteiger partial charge in [0, 0.05) is 39.9 Å². The summed E-state index contributed by atoms with van der Waals surface area (Å²) in [5, 5.41) is 12.3. The highest BCUT2D eigenvalue weighted by molar-refractivity contribution is 9.10. The molecule has 3 aromatic rings. The van der Waals surface area contributed by atoms with E-state index in [9.17, 15) is 42.4 Å². The van der Waals surface area contributed by atoms with Gasteiger partial charge < -0.3 is 39.5 Å². The number of carboxylic acids is 1. The molecule has 4 N–H and O–H groups in total. The van der Waals surface area contributed by atoms with Gasteiger partial charge in [0.25, 0.3) is 5.91 Å². The van der Waals surface area contributed by atoms with Crippen molar-refractivity contribution in [2.75, 3.05) is 31.2 Å². The number of nitrogens with one attached hydrogen (secondary N) is 1. The van der Waals surface area contributed by atoms with E-state index < -0.39 is 85.1 Å². The number of esters is 1. The van der Waals surface area contributed by atoms with Crippen LogP contribution in [0.1, 0.15) is 55.8 Å². The van der Waals surface area contributed by atoms with Crippen molar-refractivity contribution in [3.8, 4) is 0 Å². The van der Waals surface area contributed by atoms with E-state index in [1.54, 1.807) is 52.0 Å². The van der Waals surface area contributed by atoms with Gasteiger partial charge in [0.2, 0.25) is 11.8 Å². The van der Waals surface area contributed by atoms with Crippen LogP contribution in [0.5, 0.6) is 0 Å². The zero-order valence-electron chi connectivity index (χ0n) is 29.1. The van der Waals surface area contributed by atoms with Crippen molar-refractivity contribution in [2.24, 2.45) is 5.41 Å². The Bertz CT molecular complexity index is 1920. The minimum atomic E-state index is -5.84. The van der Waals surface area contributed by atoms with Crippen LogP contribution in [0.2, 0.25) is 0 Å². The summed E-state index contributed by atoms with van der Waals surface area (Å²) in [7, 11) is -5.84. The molecule has 2 heterocycles. The van der Waals surface area contributed by atoms with Crippen LogP contribution in [0.3, 0.4) is 0 Å². The van der Waals surface area contributed by atoms with Crippen molar-refractivity contribution in [1.29, 1.82) is 0 Å². The Labute approximate surface area is 315 Å². The zero-order valence-corrected chi connectivity index (χ0v) is 32.4. The van der Waals surface area contributed by atoms with Crippen molar-refractivity contribution in [1.82, 2.24) is 10.2 Å². The molecule has 3 amide bonds. The SMILES string of the molecule is CCOC(=O)CO[C@@H]1C[C@@H](C(=O)N(CCC(=O)O)c2ccc(Br)cc2)N(C(=O)[C@@H](NC(=O)c2cc3cc(C(F)(F)P(=O)(O)O)ccc3s2)C(C)(C)C)C1. The summed E-state index contributed by atoms with van der Waals surface area (Å²) >= 11 is 4.24. The molecule has 2 aromatic carbocycles. The van der Waals surface area contributed by atoms with Gasteiger partial charge in [-0.25, -0.2) is 4.79 Å². The number of carboxylic acid groups (broad SMARTS) is 1. The van der Waals surface area contributed by atoms with Crippen LogP contribution in [0, 0.1) is 5.41 Å². The highest BCUT2D eigenvalue weighted by atomic mass is 79.9. The number of ether oxygens (including phenoxy) is 2. The molecule has 53 heavy (non-hydrogen) atoms. The molecule has 3 atom stereocenters. The van der Waals surface area contributed by atoms with Gasteiger partial charge in [-0.3, -0.25) is 23.7 Å². The van der Waals surface area contributed by atoms with Crippen LogP contribution < -0.4 is 10.2 Å². The maximum absolute atomic E-state index is 14.5. The molecule has 0 spiro atoms. The second-order valence-corrected chi connectivity index (χ2v) is 17.0. The number of amides is 3. The first-order chi connectivity index (χ1) is 24.6. The molecule has 0 aliphatic carbocycles. The van der Waals surface area contributed by atoms with Gasteiger partial charge in [0.15, 0.2) is 0 Å². The predicted octanol–water partition coefficient (Wildman–Crippen LogP) is 5.09. The number of aliphatic carboxylic acids is 1. The number of hydrogen-bond donors (Lipinski definition) is 4. The standard InChI is InChI=1S/C34H39BrF2N3O11PS/c1-5-50-28(43)18-51-23-16-24(31(45)39(13-12-27(41)42)22-9-7-21(35)8-10-22)40(17-23)32(46)29(33(2,3)4)38-30(44)26-15-19-14-20(6-11-25(19)53-26)34(36,37)52(47,48)49/h6-11,14-15,23-24,29H,5,12-13,16-18H2,1-4H3,(H,38,44)(H,41,42)(H2,47,48,49)/t23-,24+,29-/m1/s1. The molecular formula is C34H39BrF2N3O11PS. The number of anilines is 1. The second-order valence-electron chi connectivity index (χ2n) is 13.3. The summed E-state index contributed by atoms with van der Waals surface area (Å²) in [5.41, 5.74) is -5.99. The molecule has 1 aliphatic heterocycles. The molecular weight excluding hydrogens is 807 g/mol. The molecule has 0 saturated carbocycles. The Morgan fingerprint density at radius 1 is 1.09 bits per heavy atom. The maximum Gasteiger partial charge on any atom is 0.399 e. The summed E-state index contributed by atoms with van der Waals surface area (Å²) < 4.78 is 52.0. The Balaban J connectivity index is 1.66. The van der Waals surface area contributed by atoms with Crippen LogP contribution in [0.4, 0.5) is 14.5 Å². The fourth-order valence-corrected chi connectivity index (χ4v) is 7.37. The van der Waals surface area contributed by atoms with Crippen LogP contribution in [-0.4, -0.2) is 93.9 Å². The van der Waals surface area contributed by atoms with Gasteiger partial charge in [0.1, 0.15) is 18.7 Å². The van der Waals surface area contributed by atoms with Gasteiger partial charge in [-0.05, 0) is 60.2 Å². The lowest BCUT2D eigenvalue weighted by atomic mass is 9.85. The number of fused-ring (bicyclic) bond motifs is 1. The van der Waals surface area contributed by atoms with Gasteiger partial charge in [-0.1, -0.05) is 42.8 Å². The molecule has 1 saturated heterocycles. The lowest BCUT2D eigenvalue weighted by Gasteiger charge is -2.36. The van der Waals surface area contributed by atoms with Gasteiger partial charge in [-0.15, -0.1) is 11.3 Å². The molecule has 1 fully saturated rings. The molecule has 14 nitrogen and oxygen atoms in total. The summed E-state index contributed by atoms with van der Waals surface area (Å²) in [6.07, 6.45) is -1.28. The average Bonchev–Trinajstić information content (AvgIpc) is 3.70. The number of carbonyl (C=O) groups is 5. The van der Waals surface area contributed by atoms with Crippen molar-refractivity contribution >= 4 is 80.3 Å². The van der Waals surface area contributed by atoms with Gasteiger partial charge in [-0.2, -0.15) is 8.78 Å². The Morgan fingerprint density at radius 3 is 2.34 bits per heavy atom. The lowest BCUT2D eigenvalue weighted by Crippen LogP contribution is -2.58. The van der Waals surface area contributed by atoms with E-state index in [2.05, 4.69) is 21.2 Å². The number of nitrogens with zero attached hydrogens (tertiary/aromatic N) is 2. The number of thiophene rings is 1. The fraction of sp³-hybridized carbons (Fsp3) is 0.441. The molecule has 0 radical (unpaired) electrons. The molecule has 0 unspecified atom stereocenters. The van der Waals surface area contributed by atoms with Crippen LogP contribution >= 0.6 is 34.9 Å². The molecule has 19 heteroatoms. The van der Waals surface area contributed by atoms with E-state index in [1.807, 2.05) is 0 Å². The number of benzene rings is 2. The van der Waals surface area contributed by atoms with E-state index in [1.165, 1.54) is 21.9 Å². The summed E-state index contributed by atoms with van der Waals surface area (Å²) in [4.78, 5) is 86.9. The van der Waals surface area contributed by atoms with E-state index in [0.29, 0.717) is 14.9 Å². The van der Waals surface area contributed by atoms with E-state index in [0.717, 1.165) is 23.5 Å². The highest BCUT2D eigenvalue weighted by Crippen LogP contribution is 2.59. The number of carbonyl (C=O) groups excluding carboxylic acids is 4. The number of halogens is 3. The van der Waals surface area contributed by atoms with Crippen LogP contribution in [0.25, 0.3) is 10.1 Å². The lowest BCUT2D eigenvalue weighted by molar-refractivity contribution is -0.150. The first kappa shape index (κ1) is 41.9. The number of rotatable bonds is 14. The van der Waals surface area contributed by atoms with E-state index in [-0.39, 0.29) is 36.4 Å². The van der Waals surface area contributed by atoms with Gasteiger partial charge >= 0.3 is 25.2 Å². The van der Waals surface area contributed by atoms with Crippen LogP contribution in [-0.2, 0) is 38.9 Å². The Kier molecular flexibility index (Phi) is 13.2. The van der Waals surface area contributed by atoms with Crippen molar-refractivity contribution in [3.63, 3.8) is 0 Å². The third-order valence-corrected chi connectivity index (χ3v) is 11.0. The monoisotopic (exact) mass is 845 g/mol. The van der Waals surface area contributed by atoms with Crippen molar-refractivity contribution < 1.29 is 61.7 Å². The molecule has 288 valence electrons. The normalized spacial score (nSPS) is 17.0. The maximum atomic E-state index is 14.5. The van der Waals surface area contributed by atoms with Gasteiger partial charge in [0.05, 0.1) is 24.0 Å². The Morgan fingerprint density at radius 2 is 1.75 bits per heavy atom. The van der Waals surface area contributed by atoms with Crippen molar-refractivity contribution in [2.45, 2.75) is 64.4 Å². The third-order valence-electron chi connectivity index (χ3n) is 8.37. The largest absolute Gasteiger partial charge is 0.481 e. The topological polar surface area (TPSA) is 200 Å². The molecule has 0 bridgehead atoms. The third kappa shape index (κ3) is 10.0. The number of likely N-dealkylation sites (tertiary alicyclic amines) is 1. The zero-order chi connectivity index (χ0) is 39.5. The first-order valence-electron chi connectivity index (χ1n) is 16.3. The predicted molar refractivity (Wildman–Crippen MR) is 194 cm³/mol. The Hall–Kier alpha value is -3.80. The van der Waals surface area contributed by atoms with E-state index in [4.69, 9.17) is 19.3 Å². The minimum absolute atomic E-state index is 0.0125. The molecule has 4 rings (SSSR count). The van der Waals surface area contributed by atoms with Crippen LogP contribution in [0.15, 0.2) is 53.0 Å². The van der Waals surface area contributed by atoms with E-state index >= 15 is 0 Å². The second kappa shape index (κ2) is 16.7. The smallest absolute Gasteiger partial charge is 0.399 e. The summed E-state index contributed by atoms with van der Waals surface area (Å²) in [6.45, 7) is 5.93. The number of alkyl halides is 2. The molecule has 1 aromatic heterocycles. The quantitative estimate of drug-likeness (QED) is 0.124. The minimum Gasteiger partial charge on any atom is -0.481 e. The average molecular weight is 847 g/mol. The van der Waals surface area contributed by atoms with Crippen molar-refractivity contribution in [3.05, 3.63) is 63.4 Å². The highest BCUT2D eigenvalue weighted by Gasteiger charge is 2.50. The fourth-order valence-electron chi connectivity index (χ4n) is 5.69. The first-order valence-corrected chi connectivity index (χ1v) is 19.5. The number of hydrogen-bond acceptors (Lipinski definition) is 9. The summed E-state index contributed by atoms with van der Waals surface area (Å²) in [6, 6.07) is 8.30. The summed E-state index contributed by atoms with van der Waals surface area (Å²) in [5.74, 6) is -3.85. The molecule has 1 aliphatic rings.